The minimum absolute atomic E-state index is 0.131. The van der Waals surface area contributed by atoms with Gasteiger partial charge >= 0.3 is 0 Å². The Morgan fingerprint density at radius 1 is 0.484 bits per heavy atom. The van der Waals surface area contributed by atoms with Crippen LogP contribution in [0.15, 0.2) is 0 Å². The van der Waals surface area contributed by atoms with Crippen LogP contribution in [0.3, 0.4) is 0 Å². The molecule has 0 aromatic carbocycles. The van der Waals surface area contributed by atoms with Crippen molar-refractivity contribution in [1.29, 1.82) is 0 Å². The summed E-state index contributed by atoms with van der Waals surface area (Å²) in [4.78, 5) is 13.0. The highest BCUT2D eigenvalue weighted by atomic mass is 16.7. The Morgan fingerprint density at radius 3 is 1.15 bits per heavy atom. The highest BCUT2D eigenvalue weighted by molar-refractivity contribution is 5.76. The molecule has 0 radical (unpaired) electrons. The fourth-order valence-electron chi connectivity index (χ4n) is 9.11. The maximum absolute atomic E-state index is 13.0. The Kier molecular flexibility index (Phi) is 42.1. The van der Waals surface area contributed by atoms with Gasteiger partial charge in [-0.05, 0) is 12.8 Å². The van der Waals surface area contributed by atoms with Gasteiger partial charge in [0.25, 0.3) is 0 Å². The van der Waals surface area contributed by atoms with Crippen molar-refractivity contribution in [3.05, 3.63) is 0 Å². The van der Waals surface area contributed by atoms with Crippen molar-refractivity contribution in [3.63, 3.8) is 0 Å². The zero-order valence-electron chi connectivity index (χ0n) is 40.9. The normalized spacial score (nSPS) is 20.1. The van der Waals surface area contributed by atoms with E-state index >= 15 is 0 Å². The Bertz CT molecular complexity index is 939. The van der Waals surface area contributed by atoms with Gasteiger partial charge in [-0.2, -0.15) is 0 Å². The molecule has 7 unspecified atom stereocenters. The number of carbonyl (C=O) groups is 1. The van der Waals surface area contributed by atoms with Gasteiger partial charge in [0.2, 0.25) is 5.91 Å². The number of nitrogens with one attached hydrogen (secondary N) is 1. The molecule has 6 N–H and O–H groups in total. The lowest BCUT2D eigenvalue weighted by molar-refractivity contribution is -0.302. The predicted octanol–water partition coefficient (Wildman–Crippen LogP) is 12.7. The van der Waals surface area contributed by atoms with Crippen LogP contribution in [0.2, 0.25) is 0 Å². The lowest BCUT2D eigenvalue weighted by atomic mass is 9.99. The van der Waals surface area contributed by atoms with Crippen LogP contribution in [0.1, 0.15) is 277 Å². The first-order chi connectivity index (χ1) is 30.3. The van der Waals surface area contributed by atoms with E-state index in [-0.39, 0.29) is 12.5 Å². The summed E-state index contributed by atoms with van der Waals surface area (Å²) < 4.78 is 11.3. The van der Waals surface area contributed by atoms with Crippen LogP contribution < -0.4 is 5.32 Å². The first-order valence-corrected chi connectivity index (χ1v) is 27.2. The lowest BCUT2D eigenvalue weighted by Crippen LogP contribution is -2.60. The number of aliphatic hydroxyl groups excluding tert-OH is 5. The zero-order valence-corrected chi connectivity index (χ0v) is 40.9. The number of rotatable bonds is 47. The van der Waals surface area contributed by atoms with E-state index in [1.165, 1.54) is 212 Å². The summed E-state index contributed by atoms with van der Waals surface area (Å²) in [6, 6.07) is -0.712. The summed E-state index contributed by atoms with van der Waals surface area (Å²) in [6.45, 7) is 3.88. The van der Waals surface area contributed by atoms with Crippen molar-refractivity contribution in [2.75, 3.05) is 13.2 Å². The van der Waals surface area contributed by atoms with Crippen LogP contribution in [0.5, 0.6) is 0 Å². The van der Waals surface area contributed by atoms with Gasteiger partial charge in [0.1, 0.15) is 24.4 Å². The molecule has 9 heteroatoms. The molecule has 0 saturated carbocycles. The zero-order chi connectivity index (χ0) is 45.1. The van der Waals surface area contributed by atoms with Crippen LogP contribution in [-0.2, 0) is 14.3 Å². The number of aliphatic hydroxyl groups is 5. The van der Waals surface area contributed by atoms with E-state index in [9.17, 15) is 30.3 Å². The van der Waals surface area contributed by atoms with Gasteiger partial charge in [0.15, 0.2) is 6.29 Å². The minimum Gasteiger partial charge on any atom is -0.394 e. The number of ether oxygens (including phenoxy) is 2. The van der Waals surface area contributed by atoms with Gasteiger partial charge < -0.3 is 40.3 Å². The van der Waals surface area contributed by atoms with Crippen molar-refractivity contribution in [3.8, 4) is 0 Å². The summed E-state index contributed by atoms with van der Waals surface area (Å²) in [5.41, 5.74) is 0. The summed E-state index contributed by atoms with van der Waals surface area (Å²) in [6.07, 6.45) is 44.0. The predicted molar refractivity (Wildman–Crippen MR) is 258 cm³/mol. The molecule has 9 nitrogen and oxygen atoms in total. The Balaban J connectivity index is 2.22. The number of hydrogen-bond donors (Lipinski definition) is 6. The second-order valence-corrected chi connectivity index (χ2v) is 19.4. The average Bonchev–Trinajstić information content (AvgIpc) is 3.27. The van der Waals surface area contributed by atoms with Crippen LogP contribution in [0, 0.1) is 0 Å². The summed E-state index contributed by atoms with van der Waals surface area (Å²) in [5.74, 6) is -0.138. The van der Waals surface area contributed by atoms with Crippen molar-refractivity contribution < 1.29 is 39.8 Å². The highest BCUT2D eigenvalue weighted by Crippen LogP contribution is 2.23. The molecule has 7 atom stereocenters. The van der Waals surface area contributed by atoms with E-state index in [2.05, 4.69) is 19.2 Å². The molecule has 1 heterocycles. The maximum atomic E-state index is 13.0. The van der Waals surface area contributed by atoms with Crippen molar-refractivity contribution in [2.24, 2.45) is 0 Å². The first kappa shape index (κ1) is 59.2. The van der Waals surface area contributed by atoms with Gasteiger partial charge in [-0.3, -0.25) is 4.79 Å². The quantitative estimate of drug-likeness (QED) is 0.0331. The molecule has 1 saturated heterocycles. The Morgan fingerprint density at radius 2 is 0.806 bits per heavy atom. The van der Waals surface area contributed by atoms with Crippen molar-refractivity contribution >= 4 is 5.91 Å². The maximum Gasteiger partial charge on any atom is 0.220 e. The van der Waals surface area contributed by atoms with Gasteiger partial charge in [0.05, 0.1) is 25.4 Å². The third-order valence-corrected chi connectivity index (χ3v) is 13.5. The SMILES string of the molecule is CCCCCCCCCCCCCCCCCCCCCCCCC(O)C(COC1OC(CO)C(O)C(O)C1O)NC(=O)CCCCCCCCCCCCCCCCCCC. The molecular formula is C53H105NO8. The molecular weight excluding hydrogens is 779 g/mol. The van der Waals surface area contributed by atoms with E-state index in [1.54, 1.807) is 0 Å². The van der Waals surface area contributed by atoms with Gasteiger partial charge in [-0.25, -0.2) is 0 Å². The highest BCUT2D eigenvalue weighted by Gasteiger charge is 2.44. The molecule has 1 aliphatic rings. The Hall–Kier alpha value is -0.810. The molecule has 1 fully saturated rings. The molecule has 0 bridgehead atoms. The molecule has 370 valence electrons. The van der Waals surface area contributed by atoms with Crippen LogP contribution in [0.25, 0.3) is 0 Å². The fourth-order valence-corrected chi connectivity index (χ4v) is 9.11. The molecule has 62 heavy (non-hydrogen) atoms. The van der Waals surface area contributed by atoms with Gasteiger partial charge in [-0.1, -0.05) is 258 Å². The largest absolute Gasteiger partial charge is 0.394 e. The third-order valence-electron chi connectivity index (χ3n) is 13.5. The van der Waals surface area contributed by atoms with Crippen molar-refractivity contribution in [1.82, 2.24) is 5.32 Å². The smallest absolute Gasteiger partial charge is 0.220 e. The molecule has 0 aliphatic carbocycles. The lowest BCUT2D eigenvalue weighted by Gasteiger charge is -2.40. The fraction of sp³-hybridized carbons (Fsp3) is 0.981. The van der Waals surface area contributed by atoms with Gasteiger partial charge in [-0.15, -0.1) is 0 Å². The van der Waals surface area contributed by atoms with E-state index < -0.39 is 49.5 Å². The summed E-state index contributed by atoms with van der Waals surface area (Å²) >= 11 is 0. The second kappa shape index (κ2) is 44.0. The average molecular weight is 884 g/mol. The molecule has 0 spiro atoms. The van der Waals surface area contributed by atoms with Crippen molar-refractivity contribution in [2.45, 2.75) is 320 Å². The first-order valence-electron chi connectivity index (χ1n) is 27.2. The second-order valence-electron chi connectivity index (χ2n) is 19.4. The summed E-state index contributed by atoms with van der Waals surface area (Å²) in [5, 5.41) is 54.6. The number of amides is 1. The molecule has 1 amide bonds. The third kappa shape index (κ3) is 33.6. The van der Waals surface area contributed by atoms with E-state index in [0.29, 0.717) is 12.8 Å². The van der Waals surface area contributed by atoms with Crippen LogP contribution in [0.4, 0.5) is 0 Å². The van der Waals surface area contributed by atoms with E-state index in [4.69, 9.17) is 9.47 Å². The number of carbonyl (C=O) groups excluding carboxylic acids is 1. The molecule has 1 rings (SSSR count). The van der Waals surface area contributed by atoms with E-state index in [1.807, 2.05) is 0 Å². The summed E-state index contributed by atoms with van der Waals surface area (Å²) in [7, 11) is 0. The Labute approximate surface area is 383 Å². The van der Waals surface area contributed by atoms with Gasteiger partial charge in [0, 0.05) is 6.42 Å². The van der Waals surface area contributed by atoms with Crippen LogP contribution in [-0.4, -0.2) is 87.5 Å². The monoisotopic (exact) mass is 884 g/mol. The molecule has 0 aromatic rings. The topological polar surface area (TPSA) is 149 Å². The molecule has 1 aliphatic heterocycles. The molecule has 0 aromatic heterocycles. The van der Waals surface area contributed by atoms with Crippen LogP contribution >= 0.6 is 0 Å². The minimum atomic E-state index is -1.55. The number of hydrogen-bond acceptors (Lipinski definition) is 8. The standard InChI is InChI=1S/C53H105NO8/c1-3-5-7-9-11-13-15-17-19-21-22-23-24-25-27-28-30-32-34-36-38-40-42-47(56)46(45-61-53-52(60)51(59)50(58)48(44-55)62-53)54-49(57)43-41-39-37-35-33-31-29-26-20-18-16-14-12-10-8-6-4-2/h46-48,50-53,55-56,58-60H,3-45H2,1-2H3,(H,54,57). The number of unbranched alkanes of at least 4 members (excludes halogenated alkanes) is 37. The van der Waals surface area contributed by atoms with E-state index in [0.717, 1.165) is 38.5 Å².